The van der Waals surface area contributed by atoms with Crippen LogP contribution in [-0.4, -0.2) is 43.3 Å². The highest BCUT2D eigenvalue weighted by Crippen LogP contribution is 2.27. The number of hydrogen-bond acceptors (Lipinski definition) is 4. The SMILES string of the molecule is CC(C(=O)NC(C)(C)C)N(Cc1ccccc1F)C(=O)CN(c1cccc(Cl)c1)S(=O)(=O)c1ccccc1. The monoisotopic (exact) mass is 559 g/mol. The molecule has 0 aromatic heterocycles. The molecule has 0 aliphatic rings. The topological polar surface area (TPSA) is 86.8 Å². The molecular formula is C28H31ClFN3O4S. The van der Waals surface area contributed by atoms with Crippen molar-refractivity contribution in [1.29, 1.82) is 0 Å². The highest BCUT2D eigenvalue weighted by atomic mass is 35.5. The van der Waals surface area contributed by atoms with Gasteiger partial charge in [-0.1, -0.05) is 54.1 Å². The van der Waals surface area contributed by atoms with E-state index in [1.54, 1.807) is 57.2 Å². The third-order valence-corrected chi connectivity index (χ3v) is 7.69. The molecule has 0 aliphatic carbocycles. The van der Waals surface area contributed by atoms with Gasteiger partial charge in [0.2, 0.25) is 11.8 Å². The van der Waals surface area contributed by atoms with Gasteiger partial charge < -0.3 is 10.2 Å². The van der Waals surface area contributed by atoms with Gasteiger partial charge in [-0.25, -0.2) is 12.8 Å². The first-order valence-electron chi connectivity index (χ1n) is 12.0. The second kappa shape index (κ2) is 12.0. The molecule has 3 aromatic carbocycles. The first-order chi connectivity index (χ1) is 17.8. The molecular weight excluding hydrogens is 529 g/mol. The predicted molar refractivity (Wildman–Crippen MR) is 147 cm³/mol. The van der Waals surface area contributed by atoms with E-state index in [2.05, 4.69) is 5.32 Å². The number of nitrogens with one attached hydrogen (secondary N) is 1. The standard InChI is InChI=1S/C28H31ClFN3O4S/c1-20(27(35)31-28(2,3)4)32(18-21-11-8-9-16-25(21)30)26(34)19-33(23-13-10-12-22(29)17-23)38(36,37)24-14-6-5-7-15-24/h5-17,20H,18-19H2,1-4H3,(H,31,35). The molecule has 0 aliphatic heterocycles. The molecule has 0 fully saturated rings. The number of hydrogen-bond donors (Lipinski definition) is 1. The van der Waals surface area contributed by atoms with Crippen LogP contribution in [0, 0.1) is 5.82 Å². The molecule has 2 amide bonds. The Morgan fingerprint density at radius 2 is 1.61 bits per heavy atom. The molecule has 7 nitrogen and oxygen atoms in total. The lowest BCUT2D eigenvalue weighted by Gasteiger charge is -2.33. The van der Waals surface area contributed by atoms with E-state index in [4.69, 9.17) is 11.6 Å². The predicted octanol–water partition coefficient (Wildman–Crippen LogP) is 5.01. The fraction of sp³-hybridized carbons (Fsp3) is 0.286. The van der Waals surface area contributed by atoms with E-state index in [-0.39, 0.29) is 27.7 Å². The highest BCUT2D eigenvalue weighted by molar-refractivity contribution is 7.92. The number of benzene rings is 3. The van der Waals surface area contributed by atoms with Crippen LogP contribution in [0.2, 0.25) is 5.02 Å². The zero-order valence-corrected chi connectivity index (χ0v) is 23.3. The van der Waals surface area contributed by atoms with Crippen LogP contribution in [0.5, 0.6) is 0 Å². The van der Waals surface area contributed by atoms with Crippen molar-refractivity contribution >= 4 is 39.1 Å². The fourth-order valence-electron chi connectivity index (χ4n) is 3.75. The summed E-state index contributed by atoms with van der Waals surface area (Å²) < 4.78 is 42.9. The average molecular weight is 560 g/mol. The van der Waals surface area contributed by atoms with Crippen LogP contribution >= 0.6 is 11.6 Å². The Labute approximate surface area is 228 Å². The van der Waals surface area contributed by atoms with E-state index in [0.29, 0.717) is 0 Å². The summed E-state index contributed by atoms with van der Waals surface area (Å²) in [6.45, 7) is 6.04. The van der Waals surface area contributed by atoms with Crippen LogP contribution < -0.4 is 9.62 Å². The summed E-state index contributed by atoms with van der Waals surface area (Å²) in [5.41, 5.74) is -0.217. The van der Waals surface area contributed by atoms with Gasteiger partial charge in [0.15, 0.2) is 0 Å². The van der Waals surface area contributed by atoms with Crippen LogP contribution in [0.25, 0.3) is 0 Å². The molecule has 0 radical (unpaired) electrons. The molecule has 0 spiro atoms. The number of amides is 2. The van der Waals surface area contributed by atoms with Crippen molar-refractivity contribution in [2.24, 2.45) is 0 Å². The minimum Gasteiger partial charge on any atom is -0.350 e. The number of nitrogens with zero attached hydrogens (tertiary/aromatic N) is 2. The molecule has 0 saturated heterocycles. The number of rotatable bonds is 9. The van der Waals surface area contributed by atoms with Crippen molar-refractivity contribution in [3.8, 4) is 0 Å². The third kappa shape index (κ3) is 7.33. The van der Waals surface area contributed by atoms with Gasteiger partial charge in [0.25, 0.3) is 10.0 Å². The Hall–Kier alpha value is -3.43. The van der Waals surface area contributed by atoms with Gasteiger partial charge in [-0.2, -0.15) is 0 Å². The van der Waals surface area contributed by atoms with Gasteiger partial charge in [0.1, 0.15) is 18.4 Å². The first-order valence-corrected chi connectivity index (χ1v) is 13.8. The number of sulfonamides is 1. The molecule has 202 valence electrons. The third-order valence-electron chi connectivity index (χ3n) is 5.67. The quantitative estimate of drug-likeness (QED) is 0.399. The van der Waals surface area contributed by atoms with Crippen molar-refractivity contribution in [3.05, 3.63) is 95.3 Å². The summed E-state index contributed by atoms with van der Waals surface area (Å²) in [4.78, 5) is 28.0. The molecule has 0 bridgehead atoms. The van der Waals surface area contributed by atoms with Crippen molar-refractivity contribution in [3.63, 3.8) is 0 Å². The van der Waals surface area contributed by atoms with Crippen molar-refractivity contribution in [1.82, 2.24) is 10.2 Å². The summed E-state index contributed by atoms with van der Waals surface area (Å²) in [5, 5.41) is 3.11. The van der Waals surface area contributed by atoms with Crippen LogP contribution in [0.4, 0.5) is 10.1 Å². The Morgan fingerprint density at radius 1 is 0.974 bits per heavy atom. The van der Waals surface area contributed by atoms with E-state index in [9.17, 15) is 22.4 Å². The maximum atomic E-state index is 14.6. The van der Waals surface area contributed by atoms with Gasteiger partial charge >= 0.3 is 0 Å². The van der Waals surface area contributed by atoms with Crippen LogP contribution in [0.3, 0.4) is 0 Å². The Kier molecular flexibility index (Phi) is 9.17. The molecule has 0 saturated carbocycles. The average Bonchev–Trinajstić information content (AvgIpc) is 2.85. The van der Waals surface area contributed by atoms with Crippen molar-refractivity contribution < 1.29 is 22.4 Å². The summed E-state index contributed by atoms with van der Waals surface area (Å²) in [6.07, 6.45) is 0. The normalized spacial score (nSPS) is 12.5. The van der Waals surface area contributed by atoms with E-state index in [0.717, 1.165) is 4.31 Å². The smallest absolute Gasteiger partial charge is 0.264 e. The number of carbonyl (C=O) groups is 2. The minimum absolute atomic E-state index is 0.0213. The Bertz CT molecular complexity index is 1390. The molecule has 0 heterocycles. The lowest BCUT2D eigenvalue weighted by molar-refractivity contribution is -0.140. The summed E-state index contributed by atoms with van der Waals surface area (Å²) in [6, 6.07) is 18.7. The number of halogens is 2. The van der Waals surface area contributed by atoms with Crippen LogP contribution in [-0.2, 0) is 26.2 Å². The second-order valence-electron chi connectivity index (χ2n) is 9.83. The zero-order valence-electron chi connectivity index (χ0n) is 21.7. The fourth-order valence-corrected chi connectivity index (χ4v) is 5.36. The van der Waals surface area contributed by atoms with Crippen LogP contribution in [0.15, 0.2) is 83.8 Å². The van der Waals surface area contributed by atoms with Gasteiger partial charge in [-0.15, -0.1) is 0 Å². The van der Waals surface area contributed by atoms with E-state index in [1.165, 1.54) is 54.3 Å². The van der Waals surface area contributed by atoms with E-state index >= 15 is 0 Å². The van der Waals surface area contributed by atoms with Gasteiger partial charge in [-0.3, -0.25) is 13.9 Å². The van der Waals surface area contributed by atoms with E-state index in [1.807, 2.05) is 0 Å². The Balaban J connectivity index is 2.04. The maximum absolute atomic E-state index is 14.6. The molecule has 1 N–H and O–H groups in total. The van der Waals surface area contributed by atoms with Crippen molar-refractivity contribution in [2.45, 2.75) is 50.7 Å². The molecule has 3 rings (SSSR count). The maximum Gasteiger partial charge on any atom is 0.264 e. The van der Waals surface area contributed by atoms with E-state index < -0.39 is 45.8 Å². The number of carbonyl (C=O) groups excluding carboxylic acids is 2. The summed E-state index contributed by atoms with van der Waals surface area (Å²) in [7, 11) is -4.20. The molecule has 1 atom stereocenters. The highest BCUT2D eigenvalue weighted by Gasteiger charge is 2.33. The Morgan fingerprint density at radius 3 is 2.21 bits per heavy atom. The summed E-state index contributed by atoms with van der Waals surface area (Å²) >= 11 is 6.15. The first kappa shape index (κ1) is 29.1. The van der Waals surface area contributed by atoms with Gasteiger partial charge in [0.05, 0.1) is 10.6 Å². The minimum atomic E-state index is -4.20. The molecule has 10 heteroatoms. The lowest BCUT2D eigenvalue weighted by atomic mass is 10.1. The van der Waals surface area contributed by atoms with Gasteiger partial charge in [-0.05, 0) is 64.1 Å². The molecule has 3 aromatic rings. The van der Waals surface area contributed by atoms with Gasteiger partial charge in [0, 0.05) is 22.7 Å². The number of anilines is 1. The second-order valence-corrected chi connectivity index (χ2v) is 12.1. The molecule has 38 heavy (non-hydrogen) atoms. The zero-order chi connectivity index (χ0) is 28.1. The van der Waals surface area contributed by atoms with Crippen molar-refractivity contribution in [2.75, 3.05) is 10.8 Å². The largest absolute Gasteiger partial charge is 0.350 e. The summed E-state index contributed by atoms with van der Waals surface area (Å²) in [5.74, 6) is -1.69. The molecule has 1 unspecified atom stereocenters. The van der Waals surface area contributed by atoms with Crippen LogP contribution in [0.1, 0.15) is 33.3 Å². The lowest BCUT2D eigenvalue weighted by Crippen LogP contribution is -2.54.